The smallest absolute Gasteiger partial charge is 0.325 e. The van der Waals surface area contributed by atoms with Crippen LogP contribution in [0.2, 0.25) is 0 Å². The SMILES string of the molecule is O=C(O)Cn1ccc(NC(=O)[C@@H]2CC(=O)Nc3ccccc32)n1. The lowest BCUT2D eigenvalue weighted by Gasteiger charge is -2.24. The molecule has 1 aliphatic heterocycles. The van der Waals surface area contributed by atoms with Crippen LogP contribution in [0.15, 0.2) is 36.5 Å². The Morgan fingerprint density at radius 2 is 2.13 bits per heavy atom. The molecule has 1 aliphatic rings. The minimum Gasteiger partial charge on any atom is -0.480 e. The number of fused-ring (bicyclic) bond motifs is 1. The fraction of sp³-hybridized carbons (Fsp3) is 0.200. The third kappa shape index (κ3) is 3.20. The maximum atomic E-state index is 12.5. The standard InChI is InChI=1S/C15H14N4O4/c20-13-7-10(9-3-1-2-4-11(9)16-13)15(23)17-12-5-6-19(18-12)8-14(21)22/h1-6,10H,7-8H2,(H,16,20)(H,21,22)(H,17,18,23)/t10-/m1/s1. The van der Waals surface area contributed by atoms with Gasteiger partial charge in [-0.25, -0.2) is 0 Å². The summed E-state index contributed by atoms with van der Waals surface area (Å²) in [7, 11) is 0. The second-order valence-electron chi connectivity index (χ2n) is 5.17. The highest BCUT2D eigenvalue weighted by Crippen LogP contribution is 2.32. The van der Waals surface area contributed by atoms with Crippen LogP contribution in [0.3, 0.4) is 0 Å². The molecule has 0 unspecified atom stereocenters. The molecule has 0 radical (unpaired) electrons. The van der Waals surface area contributed by atoms with Gasteiger partial charge in [0.1, 0.15) is 6.54 Å². The van der Waals surface area contributed by atoms with Crippen LogP contribution in [0.1, 0.15) is 17.9 Å². The second-order valence-corrected chi connectivity index (χ2v) is 5.17. The number of aliphatic carboxylic acids is 1. The zero-order valence-electron chi connectivity index (χ0n) is 12.0. The van der Waals surface area contributed by atoms with E-state index in [1.54, 1.807) is 24.3 Å². The van der Waals surface area contributed by atoms with Crippen molar-refractivity contribution in [1.82, 2.24) is 9.78 Å². The molecule has 1 aromatic carbocycles. The lowest BCUT2D eigenvalue weighted by atomic mass is 9.90. The van der Waals surface area contributed by atoms with Crippen LogP contribution < -0.4 is 10.6 Å². The molecular formula is C15H14N4O4. The minimum absolute atomic E-state index is 0.0542. The molecule has 2 heterocycles. The Morgan fingerprint density at radius 1 is 1.35 bits per heavy atom. The normalized spacial score (nSPS) is 16.3. The molecule has 0 saturated heterocycles. The minimum atomic E-state index is -1.02. The Kier molecular flexibility index (Phi) is 3.80. The van der Waals surface area contributed by atoms with Gasteiger partial charge in [0.05, 0.1) is 5.92 Å². The van der Waals surface area contributed by atoms with Gasteiger partial charge in [0.15, 0.2) is 5.82 Å². The predicted octanol–water partition coefficient (Wildman–Crippen LogP) is 1.03. The van der Waals surface area contributed by atoms with Crippen LogP contribution in [0.25, 0.3) is 0 Å². The molecule has 2 amide bonds. The van der Waals surface area contributed by atoms with E-state index in [4.69, 9.17) is 5.11 Å². The molecule has 3 N–H and O–H groups in total. The van der Waals surface area contributed by atoms with E-state index in [2.05, 4.69) is 15.7 Å². The summed E-state index contributed by atoms with van der Waals surface area (Å²) in [6.45, 7) is -0.287. The van der Waals surface area contributed by atoms with Crippen LogP contribution >= 0.6 is 0 Å². The van der Waals surface area contributed by atoms with Gasteiger partial charge in [-0.1, -0.05) is 18.2 Å². The van der Waals surface area contributed by atoms with Crippen molar-refractivity contribution < 1.29 is 19.5 Å². The zero-order chi connectivity index (χ0) is 16.4. The summed E-state index contributed by atoms with van der Waals surface area (Å²) < 4.78 is 1.21. The highest BCUT2D eigenvalue weighted by molar-refractivity contribution is 6.04. The summed E-state index contributed by atoms with van der Waals surface area (Å²) in [6, 6.07) is 8.64. The monoisotopic (exact) mass is 314 g/mol. The fourth-order valence-electron chi connectivity index (χ4n) is 2.51. The molecule has 0 aliphatic carbocycles. The molecule has 3 rings (SSSR count). The first-order valence-corrected chi connectivity index (χ1v) is 6.98. The van der Waals surface area contributed by atoms with Gasteiger partial charge >= 0.3 is 5.97 Å². The molecule has 23 heavy (non-hydrogen) atoms. The van der Waals surface area contributed by atoms with Crippen LogP contribution in [-0.4, -0.2) is 32.7 Å². The number of nitrogens with one attached hydrogen (secondary N) is 2. The van der Waals surface area contributed by atoms with Crippen LogP contribution in [-0.2, 0) is 20.9 Å². The molecule has 2 aromatic rings. The quantitative estimate of drug-likeness (QED) is 0.780. The Balaban J connectivity index is 1.77. The molecule has 0 spiro atoms. The van der Waals surface area contributed by atoms with Crippen LogP contribution in [0, 0.1) is 0 Å². The number of anilines is 2. The van der Waals surface area contributed by atoms with Crippen LogP contribution in [0.5, 0.6) is 0 Å². The highest BCUT2D eigenvalue weighted by atomic mass is 16.4. The fourth-order valence-corrected chi connectivity index (χ4v) is 2.51. The Labute approximate surface area is 131 Å². The van der Waals surface area contributed by atoms with Gasteiger partial charge in [0.2, 0.25) is 11.8 Å². The van der Waals surface area contributed by atoms with E-state index in [1.165, 1.54) is 16.9 Å². The van der Waals surface area contributed by atoms with Gasteiger partial charge < -0.3 is 15.7 Å². The first-order valence-electron chi connectivity index (χ1n) is 6.98. The maximum Gasteiger partial charge on any atom is 0.325 e. The van der Waals surface area contributed by atoms with Gasteiger partial charge in [0, 0.05) is 24.4 Å². The third-order valence-electron chi connectivity index (χ3n) is 3.51. The highest BCUT2D eigenvalue weighted by Gasteiger charge is 2.30. The third-order valence-corrected chi connectivity index (χ3v) is 3.51. The van der Waals surface area contributed by atoms with E-state index in [0.29, 0.717) is 5.69 Å². The summed E-state index contributed by atoms with van der Waals surface area (Å²) in [4.78, 5) is 34.8. The van der Waals surface area contributed by atoms with Gasteiger partial charge in [0.25, 0.3) is 0 Å². The number of rotatable bonds is 4. The van der Waals surface area contributed by atoms with E-state index < -0.39 is 11.9 Å². The topological polar surface area (TPSA) is 113 Å². The van der Waals surface area contributed by atoms with Crippen molar-refractivity contribution in [3.63, 3.8) is 0 Å². The van der Waals surface area contributed by atoms with E-state index in [9.17, 15) is 14.4 Å². The lowest BCUT2D eigenvalue weighted by Crippen LogP contribution is -2.30. The van der Waals surface area contributed by atoms with E-state index in [1.807, 2.05) is 0 Å². The average molecular weight is 314 g/mol. The number of hydrogen-bond donors (Lipinski definition) is 3. The molecule has 8 heteroatoms. The number of carboxylic acid groups (broad SMARTS) is 1. The Hall–Kier alpha value is -3.16. The van der Waals surface area contributed by atoms with Crippen molar-refractivity contribution in [3.05, 3.63) is 42.1 Å². The summed E-state index contributed by atoms with van der Waals surface area (Å²) in [5.74, 6) is -1.96. The number of para-hydroxylation sites is 1. The van der Waals surface area contributed by atoms with Crippen molar-refractivity contribution in [3.8, 4) is 0 Å². The Morgan fingerprint density at radius 3 is 2.91 bits per heavy atom. The number of hydrogen-bond acceptors (Lipinski definition) is 4. The van der Waals surface area contributed by atoms with Crippen LogP contribution in [0.4, 0.5) is 11.5 Å². The lowest BCUT2D eigenvalue weighted by molar-refractivity contribution is -0.137. The largest absolute Gasteiger partial charge is 0.480 e. The summed E-state index contributed by atoms with van der Waals surface area (Å²) in [5, 5.41) is 18.0. The number of amides is 2. The summed E-state index contributed by atoms with van der Waals surface area (Å²) >= 11 is 0. The predicted molar refractivity (Wildman–Crippen MR) is 80.9 cm³/mol. The molecule has 118 valence electrons. The molecule has 1 atom stereocenters. The molecule has 1 aromatic heterocycles. The molecule has 8 nitrogen and oxygen atoms in total. The van der Waals surface area contributed by atoms with Crippen molar-refractivity contribution in [2.75, 3.05) is 10.6 Å². The molecule has 0 fully saturated rings. The number of aromatic nitrogens is 2. The summed E-state index contributed by atoms with van der Waals surface area (Å²) in [6.07, 6.45) is 1.52. The first kappa shape index (κ1) is 14.8. The number of benzene rings is 1. The number of carboxylic acids is 1. The van der Waals surface area contributed by atoms with Gasteiger partial charge in [-0.05, 0) is 11.6 Å². The van der Waals surface area contributed by atoms with Crippen molar-refractivity contribution >= 4 is 29.3 Å². The number of nitrogens with zero attached hydrogens (tertiary/aromatic N) is 2. The molecular weight excluding hydrogens is 300 g/mol. The second kappa shape index (κ2) is 5.91. The van der Waals surface area contributed by atoms with Crippen molar-refractivity contribution in [2.45, 2.75) is 18.9 Å². The van der Waals surface area contributed by atoms with Crippen molar-refractivity contribution in [1.29, 1.82) is 0 Å². The van der Waals surface area contributed by atoms with E-state index in [-0.39, 0.29) is 30.6 Å². The summed E-state index contributed by atoms with van der Waals surface area (Å²) in [5.41, 5.74) is 1.37. The van der Waals surface area contributed by atoms with Gasteiger partial charge in [-0.3, -0.25) is 19.1 Å². The maximum absolute atomic E-state index is 12.5. The average Bonchev–Trinajstić information content (AvgIpc) is 2.92. The van der Waals surface area contributed by atoms with Gasteiger partial charge in [-0.15, -0.1) is 0 Å². The first-order chi connectivity index (χ1) is 11.0. The Bertz CT molecular complexity index is 783. The molecule has 0 saturated carbocycles. The van der Waals surface area contributed by atoms with E-state index >= 15 is 0 Å². The van der Waals surface area contributed by atoms with E-state index in [0.717, 1.165) is 5.56 Å². The molecule has 0 bridgehead atoms. The van der Waals surface area contributed by atoms with Crippen molar-refractivity contribution in [2.24, 2.45) is 0 Å². The van der Waals surface area contributed by atoms with Gasteiger partial charge in [-0.2, -0.15) is 5.10 Å². The zero-order valence-corrected chi connectivity index (χ0v) is 12.0. The number of carbonyl (C=O) groups is 3. The number of carbonyl (C=O) groups excluding carboxylic acids is 2.